The Hall–Kier alpha value is 0.620. The van der Waals surface area contributed by atoms with Gasteiger partial charge >= 0.3 is 0 Å². The molecule has 1 aliphatic rings. The highest BCUT2D eigenvalue weighted by Gasteiger charge is 2.10. The van der Waals surface area contributed by atoms with Crippen molar-refractivity contribution in [2.75, 3.05) is 6.54 Å². The summed E-state index contributed by atoms with van der Waals surface area (Å²) in [4.78, 5) is 2.31. The van der Waals surface area contributed by atoms with Crippen LogP contribution in [0.4, 0.5) is 0 Å². The second kappa shape index (κ2) is 4.44. The Morgan fingerprint density at radius 1 is 1.67 bits per heavy atom. The molecule has 0 radical (unpaired) electrons. The van der Waals surface area contributed by atoms with E-state index in [1.165, 1.54) is 0 Å². The van der Waals surface area contributed by atoms with Gasteiger partial charge in [0.1, 0.15) is 0 Å². The number of halogens is 1. The SMILES string of the molecule is CCN1C=CSC1C.I. The van der Waals surface area contributed by atoms with Crippen LogP contribution in [0.5, 0.6) is 0 Å². The quantitative estimate of drug-likeness (QED) is 0.664. The van der Waals surface area contributed by atoms with Crippen molar-refractivity contribution in [2.24, 2.45) is 0 Å². The van der Waals surface area contributed by atoms with E-state index < -0.39 is 0 Å². The van der Waals surface area contributed by atoms with Gasteiger partial charge < -0.3 is 4.90 Å². The van der Waals surface area contributed by atoms with Gasteiger partial charge in [0.2, 0.25) is 0 Å². The first kappa shape index (κ1) is 9.62. The molecule has 0 aromatic carbocycles. The number of thioether (sulfide) groups is 1. The van der Waals surface area contributed by atoms with Gasteiger partial charge in [-0.1, -0.05) is 0 Å². The minimum absolute atomic E-state index is 0. The van der Waals surface area contributed by atoms with E-state index in [0.717, 1.165) is 6.54 Å². The largest absolute Gasteiger partial charge is 0.365 e. The summed E-state index contributed by atoms with van der Waals surface area (Å²) in [5.41, 5.74) is 0. The van der Waals surface area contributed by atoms with Gasteiger partial charge in [-0.05, 0) is 19.3 Å². The zero-order valence-electron chi connectivity index (χ0n) is 5.70. The van der Waals surface area contributed by atoms with Crippen LogP contribution in [-0.4, -0.2) is 16.8 Å². The van der Waals surface area contributed by atoms with Crippen LogP contribution in [0.25, 0.3) is 0 Å². The third-order valence-corrected chi connectivity index (χ3v) is 2.30. The lowest BCUT2D eigenvalue weighted by molar-refractivity contribution is 0.398. The molecule has 0 saturated heterocycles. The lowest BCUT2D eigenvalue weighted by Gasteiger charge is -2.17. The molecule has 1 rings (SSSR count). The van der Waals surface area contributed by atoms with E-state index in [1.54, 1.807) is 0 Å². The summed E-state index contributed by atoms with van der Waals surface area (Å²) >= 11 is 1.88. The molecule has 0 fully saturated rings. The molecule has 0 aromatic heterocycles. The average molecular weight is 257 g/mol. The van der Waals surface area contributed by atoms with Gasteiger partial charge in [0.15, 0.2) is 0 Å². The first-order valence-electron chi connectivity index (χ1n) is 2.92. The van der Waals surface area contributed by atoms with E-state index in [2.05, 4.69) is 30.4 Å². The zero-order valence-corrected chi connectivity index (χ0v) is 8.85. The minimum Gasteiger partial charge on any atom is -0.365 e. The fourth-order valence-corrected chi connectivity index (χ4v) is 1.62. The van der Waals surface area contributed by atoms with Crippen LogP contribution in [0.15, 0.2) is 11.6 Å². The smallest absolute Gasteiger partial charge is 0.0757 e. The van der Waals surface area contributed by atoms with Crippen LogP contribution in [-0.2, 0) is 0 Å². The number of rotatable bonds is 1. The minimum atomic E-state index is 0. The Morgan fingerprint density at radius 3 is 2.56 bits per heavy atom. The van der Waals surface area contributed by atoms with Crippen molar-refractivity contribution in [3.05, 3.63) is 11.6 Å². The summed E-state index contributed by atoms with van der Waals surface area (Å²) in [6.45, 7) is 5.52. The van der Waals surface area contributed by atoms with Crippen LogP contribution in [0, 0.1) is 0 Å². The van der Waals surface area contributed by atoms with Crippen molar-refractivity contribution in [3.8, 4) is 0 Å². The first-order valence-corrected chi connectivity index (χ1v) is 3.86. The molecular formula is C6H12INS. The van der Waals surface area contributed by atoms with Crippen molar-refractivity contribution in [1.29, 1.82) is 0 Å². The molecule has 0 aromatic rings. The molecule has 1 heterocycles. The van der Waals surface area contributed by atoms with Crippen LogP contribution >= 0.6 is 35.7 Å². The summed E-state index contributed by atoms with van der Waals surface area (Å²) < 4.78 is 0. The molecule has 1 unspecified atom stereocenters. The Labute approximate surface area is 77.9 Å². The highest BCUT2D eigenvalue weighted by atomic mass is 127. The first-order chi connectivity index (χ1) is 3.84. The number of hydrogen-bond acceptors (Lipinski definition) is 2. The second-order valence-corrected chi connectivity index (χ2v) is 3.08. The third kappa shape index (κ3) is 2.37. The van der Waals surface area contributed by atoms with E-state index in [9.17, 15) is 0 Å². The maximum Gasteiger partial charge on any atom is 0.0757 e. The zero-order chi connectivity index (χ0) is 5.98. The predicted molar refractivity (Wildman–Crippen MR) is 54.0 cm³/mol. The monoisotopic (exact) mass is 257 g/mol. The normalized spacial score (nSPS) is 24.2. The Kier molecular flexibility index (Phi) is 4.74. The van der Waals surface area contributed by atoms with Crippen molar-refractivity contribution < 1.29 is 0 Å². The number of hydrogen-bond donors (Lipinski definition) is 0. The van der Waals surface area contributed by atoms with Gasteiger partial charge in [-0.25, -0.2) is 0 Å². The highest BCUT2D eigenvalue weighted by molar-refractivity contribution is 14.0. The molecule has 1 aliphatic heterocycles. The van der Waals surface area contributed by atoms with E-state index in [-0.39, 0.29) is 24.0 Å². The molecule has 9 heavy (non-hydrogen) atoms. The average Bonchev–Trinajstić information content (AvgIpc) is 2.14. The molecular weight excluding hydrogens is 245 g/mol. The maximum atomic E-state index is 2.31. The molecule has 0 N–H and O–H groups in total. The molecule has 0 bridgehead atoms. The fourth-order valence-electron chi connectivity index (χ4n) is 0.789. The van der Waals surface area contributed by atoms with Crippen LogP contribution in [0.1, 0.15) is 13.8 Å². The van der Waals surface area contributed by atoms with E-state index in [0.29, 0.717) is 5.37 Å². The van der Waals surface area contributed by atoms with Gasteiger partial charge in [-0.3, -0.25) is 0 Å². The fraction of sp³-hybridized carbons (Fsp3) is 0.667. The second-order valence-electron chi connectivity index (χ2n) is 1.85. The van der Waals surface area contributed by atoms with Crippen molar-refractivity contribution in [1.82, 2.24) is 4.90 Å². The highest BCUT2D eigenvalue weighted by Crippen LogP contribution is 2.23. The molecule has 54 valence electrons. The van der Waals surface area contributed by atoms with E-state index in [1.807, 2.05) is 11.8 Å². The van der Waals surface area contributed by atoms with Crippen LogP contribution in [0.2, 0.25) is 0 Å². The van der Waals surface area contributed by atoms with Gasteiger partial charge in [-0.2, -0.15) is 0 Å². The van der Waals surface area contributed by atoms with Crippen molar-refractivity contribution in [2.45, 2.75) is 19.2 Å². The molecule has 0 spiro atoms. The maximum absolute atomic E-state index is 2.31. The Balaban J connectivity index is 0.000000640. The molecule has 0 saturated carbocycles. The third-order valence-electron chi connectivity index (χ3n) is 1.36. The number of nitrogens with zero attached hydrogens (tertiary/aromatic N) is 1. The predicted octanol–water partition coefficient (Wildman–Crippen LogP) is 2.49. The molecule has 1 atom stereocenters. The summed E-state index contributed by atoms with van der Waals surface area (Å²) in [6, 6.07) is 0. The van der Waals surface area contributed by atoms with Gasteiger partial charge in [-0.15, -0.1) is 35.7 Å². The summed E-state index contributed by atoms with van der Waals surface area (Å²) in [7, 11) is 0. The molecule has 1 nitrogen and oxygen atoms in total. The standard InChI is InChI=1S/C6H11NS.HI/c1-3-7-4-5-8-6(7)2;/h4-6H,3H2,1-2H3;1H. The van der Waals surface area contributed by atoms with E-state index >= 15 is 0 Å². The molecule has 0 aliphatic carbocycles. The van der Waals surface area contributed by atoms with Gasteiger partial charge in [0.05, 0.1) is 5.37 Å². The topological polar surface area (TPSA) is 3.24 Å². The van der Waals surface area contributed by atoms with Gasteiger partial charge in [0, 0.05) is 12.7 Å². The molecule has 3 heteroatoms. The Bertz CT molecular complexity index is 105. The summed E-state index contributed by atoms with van der Waals surface area (Å²) in [5.74, 6) is 0. The van der Waals surface area contributed by atoms with Crippen molar-refractivity contribution in [3.63, 3.8) is 0 Å². The lowest BCUT2D eigenvalue weighted by Crippen LogP contribution is -2.20. The lowest BCUT2D eigenvalue weighted by atomic mass is 10.5. The summed E-state index contributed by atoms with van der Waals surface area (Å²) in [5, 5.41) is 2.81. The van der Waals surface area contributed by atoms with E-state index in [4.69, 9.17) is 0 Å². The summed E-state index contributed by atoms with van der Waals surface area (Å²) in [6.07, 6.45) is 2.15. The van der Waals surface area contributed by atoms with Crippen molar-refractivity contribution >= 4 is 35.7 Å². The Morgan fingerprint density at radius 2 is 2.33 bits per heavy atom. The van der Waals surface area contributed by atoms with Gasteiger partial charge in [0.25, 0.3) is 0 Å². The van der Waals surface area contributed by atoms with Crippen LogP contribution < -0.4 is 0 Å². The molecule has 0 amide bonds. The van der Waals surface area contributed by atoms with Crippen LogP contribution in [0.3, 0.4) is 0 Å².